The average Bonchev–Trinajstić information content (AvgIpc) is 3.85. The monoisotopic (exact) mass is 767 g/mol. The Bertz CT molecular complexity index is 2320. The minimum absolute atomic E-state index is 0.110. The van der Waals surface area contributed by atoms with E-state index in [0.29, 0.717) is 34.6 Å². The molecule has 1 atom stereocenters. The molecule has 288 valence electrons. The van der Waals surface area contributed by atoms with E-state index in [2.05, 4.69) is 52.6 Å². The molecule has 13 heteroatoms. The summed E-state index contributed by atoms with van der Waals surface area (Å²) in [6.45, 7) is 3.75. The molecule has 3 fully saturated rings. The molecule has 0 radical (unpaired) electrons. The number of nitrogens with zero attached hydrogens (tertiary/aromatic N) is 5. The van der Waals surface area contributed by atoms with Crippen LogP contribution in [0.25, 0.3) is 27.7 Å². The van der Waals surface area contributed by atoms with Gasteiger partial charge in [-0.25, -0.2) is 4.39 Å². The molecule has 1 saturated carbocycles. The topological polar surface area (TPSA) is 121 Å². The zero-order valence-corrected chi connectivity index (χ0v) is 31.9. The third kappa shape index (κ3) is 7.10. The fourth-order valence-corrected chi connectivity index (χ4v) is 9.56. The second-order valence-corrected chi connectivity index (χ2v) is 15.7. The number of amides is 2. The number of anilines is 1. The highest BCUT2D eigenvalue weighted by Crippen LogP contribution is 2.38. The second-order valence-electron chi connectivity index (χ2n) is 15.3. The standard InChI is InChI=1S/C42H47ClFN7O4/c1-45-40(54)34(9-5-23-52)46-39(53)31-13-11-27(24-33(31)44)26-15-19-48(20-16-26)28-17-21-49(22-18-28)30-12-14-35-37(25-30)50(29-6-2-3-7-29)42-47-41(55)38-32(43)8-4-10-36(38)51(35)42/h4,8,10-14,23-26,28-29,34H,2-3,5-7,9,15-22H2,1H3,(H,45,54)(H,46,53). The van der Waals surface area contributed by atoms with Crippen LogP contribution in [0.3, 0.4) is 0 Å². The molecule has 3 aromatic carbocycles. The molecule has 2 saturated heterocycles. The Morgan fingerprint density at radius 1 is 0.927 bits per heavy atom. The molecule has 2 N–H and O–H groups in total. The molecule has 1 unspecified atom stereocenters. The van der Waals surface area contributed by atoms with Crippen molar-refractivity contribution in [2.45, 2.75) is 88.3 Å². The van der Waals surface area contributed by atoms with E-state index in [0.717, 1.165) is 86.8 Å². The van der Waals surface area contributed by atoms with Crippen LogP contribution >= 0.6 is 11.6 Å². The molecule has 2 amide bonds. The number of benzene rings is 3. The number of rotatable bonds is 10. The Balaban J connectivity index is 0.926. The van der Waals surface area contributed by atoms with Gasteiger partial charge in [0.15, 0.2) is 0 Å². The fourth-order valence-electron chi connectivity index (χ4n) is 9.31. The van der Waals surface area contributed by atoms with Crippen LogP contribution in [0.2, 0.25) is 5.02 Å². The average molecular weight is 768 g/mol. The number of fused-ring (bicyclic) bond motifs is 5. The van der Waals surface area contributed by atoms with Crippen molar-refractivity contribution in [2.75, 3.05) is 38.1 Å². The Hall–Kier alpha value is -4.81. The molecule has 11 nitrogen and oxygen atoms in total. The number of nitrogens with one attached hydrogen (secondary N) is 2. The third-order valence-corrected chi connectivity index (χ3v) is 12.6. The van der Waals surface area contributed by atoms with E-state index >= 15 is 4.39 Å². The van der Waals surface area contributed by atoms with Gasteiger partial charge in [0, 0.05) is 44.3 Å². The summed E-state index contributed by atoms with van der Waals surface area (Å²) < 4.78 is 19.7. The molecular formula is C42H47ClFN7O4. The van der Waals surface area contributed by atoms with Gasteiger partial charge in [-0.05, 0) is 112 Å². The van der Waals surface area contributed by atoms with Gasteiger partial charge < -0.3 is 29.8 Å². The zero-order valence-electron chi connectivity index (χ0n) is 31.1. The van der Waals surface area contributed by atoms with E-state index in [-0.39, 0.29) is 29.9 Å². The first-order valence-corrected chi connectivity index (χ1v) is 20.0. The fraction of sp³-hybridized carbons (Fsp3) is 0.452. The Morgan fingerprint density at radius 2 is 1.69 bits per heavy atom. The van der Waals surface area contributed by atoms with Gasteiger partial charge in [-0.1, -0.05) is 36.6 Å². The lowest BCUT2D eigenvalue weighted by Crippen LogP contribution is -2.47. The summed E-state index contributed by atoms with van der Waals surface area (Å²) in [5.74, 6) is -0.828. The Kier molecular flexibility index (Phi) is 10.6. The molecule has 2 aromatic heterocycles. The normalized spacial score (nSPS) is 18.3. The largest absolute Gasteiger partial charge is 0.371 e. The maximum atomic E-state index is 15.3. The van der Waals surface area contributed by atoms with Crippen LogP contribution in [0, 0.1) is 5.82 Å². The number of aldehydes is 1. The number of likely N-dealkylation sites (tertiary alicyclic amines) is 1. The second kappa shape index (κ2) is 15.7. The molecule has 0 spiro atoms. The van der Waals surface area contributed by atoms with Gasteiger partial charge in [-0.2, -0.15) is 4.98 Å². The van der Waals surface area contributed by atoms with Gasteiger partial charge >= 0.3 is 0 Å². The van der Waals surface area contributed by atoms with Crippen LogP contribution in [-0.2, 0) is 9.59 Å². The molecule has 2 aliphatic heterocycles. The van der Waals surface area contributed by atoms with Crippen molar-refractivity contribution >= 4 is 63.1 Å². The van der Waals surface area contributed by atoms with Gasteiger partial charge in [0.1, 0.15) is 18.1 Å². The maximum Gasteiger partial charge on any atom is 0.283 e. The van der Waals surface area contributed by atoms with E-state index in [1.807, 2.05) is 18.2 Å². The van der Waals surface area contributed by atoms with Crippen LogP contribution in [-0.4, -0.2) is 82.3 Å². The first-order chi connectivity index (χ1) is 26.7. The molecule has 55 heavy (non-hydrogen) atoms. The van der Waals surface area contributed by atoms with Gasteiger partial charge in [-0.3, -0.25) is 18.8 Å². The van der Waals surface area contributed by atoms with Crippen LogP contribution in [0.1, 0.15) is 92.1 Å². The number of piperidine rings is 2. The summed E-state index contributed by atoms with van der Waals surface area (Å²) in [5, 5.41) is 5.92. The van der Waals surface area contributed by atoms with Crippen LogP contribution < -0.4 is 21.1 Å². The van der Waals surface area contributed by atoms with Gasteiger partial charge in [0.25, 0.3) is 11.5 Å². The smallest absolute Gasteiger partial charge is 0.283 e. The van der Waals surface area contributed by atoms with Crippen molar-refractivity contribution in [1.82, 2.24) is 29.5 Å². The highest BCUT2D eigenvalue weighted by molar-refractivity contribution is 6.35. The molecule has 0 bridgehead atoms. The molecular weight excluding hydrogens is 721 g/mol. The first kappa shape index (κ1) is 37.1. The summed E-state index contributed by atoms with van der Waals surface area (Å²) in [4.78, 5) is 58.8. The number of carbonyl (C=O) groups is 3. The van der Waals surface area contributed by atoms with Crippen molar-refractivity contribution in [3.8, 4) is 0 Å². The van der Waals surface area contributed by atoms with Crippen LogP contribution in [0.4, 0.5) is 10.1 Å². The summed E-state index contributed by atoms with van der Waals surface area (Å²) in [6.07, 6.45) is 9.33. The quantitative estimate of drug-likeness (QED) is 0.158. The lowest BCUT2D eigenvalue weighted by Gasteiger charge is -2.42. The van der Waals surface area contributed by atoms with E-state index in [9.17, 15) is 19.2 Å². The molecule has 5 aromatic rings. The number of imidazole rings is 1. The SMILES string of the molecule is CNC(=O)C(CCC=O)NC(=O)c1ccc(C2CCN(C3CCN(c4ccc5c(c4)n(C4CCCC4)c4nc(=O)c6c(Cl)cccc6n54)CC3)CC2)cc1F. The highest BCUT2D eigenvalue weighted by atomic mass is 35.5. The van der Waals surface area contributed by atoms with E-state index in [1.54, 1.807) is 6.07 Å². The van der Waals surface area contributed by atoms with Crippen molar-refractivity contribution in [1.29, 1.82) is 0 Å². The predicted octanol–water partition coefficient (Wildman–Crippen LogP) is 6.38. The highest BCUT2D eigenvalue weighted by Gasteiger charge is 2.31. The summed E-state index contributed by atoms with van der Waals surface area (Å²) in [5.41, 5.74) is 4.57. The van der Waals surface area contributed by atoms with Gasteiger partial charge in [0.2, 0.25) is 11.7 Å². The number of hydrogen-bond donors (Lipinski definition) is 2. The predicted molar refractivity (Wildman–Crippen MR) is 213 cm³/mol. The van der Waals surface area contributed by atoms with Crippen molar-refractivity contribution in [2.24, 2.45) is 0 Å². The third-order valence-electron chi connectivity index (χ3n) is 12.2. The van der Waals surface area contributed by atoms with Crippen molar-refractivity contribution in [3.63, 3.8) is 0 Å². The van der Waals surface area contributed by atoms with E-state index in [4.69, 9.17) is 11.6 Å². The number of aromatic nitrogens is 3. The molecule has 1 aliphatic carbocycles. The van der Waals surface area contributed by atoms with E-state index < -0.39 is 23.7 Å². The minimum atomic E-state index is -0.913. The van der Waals surface area contributed by atoms with E-state index in [1.165, 1.54) is 37.7 Å². The van der Waals surface area contributed by atoms with Gasteiger partial charge in [-0.15, -0.1) is 0 Å². The minimum Gasteiger partial charge on any atom is -0.371 e. The zero-order chi connectivity index (χ0) is 38.2. The summed E-state index contributed by atoms with van der Waals surface area (Å²) in [6, 6.07) is 16.9. The first-order valence-electron chi connectivity index (χ1n) is 19.6. The van der Waals surface area contributed by atoms with Crippen LogP contribution in [0.15, 0.2) is 59.4 Å². The Morgan fingerprint density at radius 3 is 2.40 bits per heavy atom. The number of halogens is 2. The number of carbonyl (C=O) groups excluding carboxylic acids is 3. The lowest BCUT2D eigenvalue weighted by molar-refractivity contribution is -0.122. The summed E-state index contributed by atoms with van der Waals surface area (Å²) in [7, 11) is 1.45. The van der Waals surface area contributed by atoms with Crippen molar-refractivity contribution in [3.05, 3.63) is 86.9 Å². The molecule has 8 rings (SSSR count). The Labute approximate surface area is 323 Å². The summed E-state index contributed by atoms with van der Waals surface area (Å²) >= 11 is 6.52. The number of likely N-dealkylation sites (N-methyl/N-ethyl adjacent to an activating group) is 1. The molecule has 4 heterocycles. The van der Waals surface area contributed by atoms with Crippen molar-refractivity contribution < 1.29 is 18.8 Å². The lowest BCUT2D eigenvalue weighted by atomic mass is 9.87. The van der Waals surface area contributed by atoms with Crippen LogP contribution in [0.5, 0.6) is 0 Å². The van der Waals surface area contributed by atoms with Gasteiger partial charge in [0.05, 0.1) is 32.5 Å². The maximum absolute atomic E-state index is 15.3. The number of hydrogen-bond acceptors (Lipinski definition) is 7. The molecule has 3 aliphatic rings.